The highest BCUT2D eigenvalue weighted by Gasteiger charge is 2.27. The predicted octanol–water partition coefficient (Wildman–Crippen LogP) is 3.06. The zero-order valence-corrected chi connectivity index (χ0v) is 13.3. The maximum Gasteiger partial charge on any atom is 0.222 e. The molecule has 6 heteroatoms. The molecule has 1 aromatic carbocycles. The third kappa shape index (κ3) is 4.77. The zero-order chi connectivity index (χ0) is 15.2. The van der Waals surface area contributed by atoms with Gasteiger partial charge >= 0.3 is 0 Å². The molecule has 0 aliphatic carbocycles. The fourth-order valence-electron chi connectivity index (χ4n) is 2.60. The van der Waals surface area contributed by atoms with Gasteiger partial charge in [-0.15, -0.1) is 0 Å². The van der Waals surface area contributed by atoms with Gasteiger partial charge < -0.3 is 15.3 Å². The number of hydrogen-bond acceptors (Lipinski definition) is 3. The molecule has 116 valence electrons. The summed E-state index contributed by atoms with van der Waals surface area (Å²) >= 11 is 11.1. The smallest absolute Gasteiger partial charge is 0.222 e. The molecule has 2 aliphatic rings. The van der Waals surface area contributed by atoms with Crippen LogP contribution in [0, 0.1) is 0 Å². The Morgan fingerprint density at radius 3 is 2.62 bits per heavy atom. The van der Waals surface area contributed by atoms with E-state index in [9.17, 15) is 4.79 Å². The molecular weight excluding hydrogens is 311 g/mol. The van der Waals surface area contributed by atoms with Crippen molar-refractivity contribution < 1.29 is 9.90 Å². The summed E-state index contributed by atoms with van der Waals surface area (Å²) in [4.78, 5) is 13.6. The van der Waals surface area contributed by atoms with Crippen LogP contribution in [0.3, 0.4) is 0 Å². The van der Waals surface area contributed by atoms with E-state index in [-0.39, 0.29) is 5.75 Å². The number of benzene rings is 1. The summed E-state index contributed by atoms with van der Waals surface area (Å²) in [6, 6.07) is 4.91. The molecule has 1 amide bonds. The standard InChI is InChI=1S/C9H16N2O.C6H4Cl2O/c12-9-3-1-2-6-11(9)8-4-5-10-7-8;7-5-2-1-4(9)3-6(5)8/h8,10H,1-7H2;1-3,9H. The van der Waals surface area contributed by atoms with E-state index in [1.54, 1.807) is 6.07 Å². The van der Waals surface area contributed by atoms with Crippen LogP contribution in [-0.4, -0.2) is 41.6 Å². The van der Waals surface area contributed by atoms with Crippen molar-refractivity contribution >= 4 is 29.1 Å². The molecule has 2 saturated heterocycles. The van der Waals surface area contributed by atoms with E-state index in [1.165, 1.54) is 18.6 Å². The van der Waals surface area contributed by atoms with Crippen LogP contribution < -0.4 is 5.32 Å². The van der Waals surface area contributed by atoms with Crippen molar-refractivity contribution in [2.24, 2.45) is 0 Å². The van der Waals surface area contributed by atoms with E-state index in [1.807, 2.05) is 0 Å². The number of aromatic hydroxyl groups is 1. The first-order valence-corrected chi connectivity index (χ1v) is 7.97. The summed E-state index contributed by atoms with van der Waals surface area (Å²) < 4.78 is 0. The SMILES string of the molecule is O=C1CCCCN1C1CCNC1.Oc1ccc(Cl)c(Cl)c1. The third-order valence-corrected chi connectivity index (χ3v) is 4.48. The normalized spacial score (nSPS) is 21.9. The lowest BCUT2D eigenvalue weighted by atomic mass is 10.1. The molecule has 1 unspecified atom stereocenters. The van der Waals surface area contributed by atoms with Crippen molar-refractivity contribution in [2.45, 2.75) is 31.7 Å². The van der Waals surface area contributed by atoms with Crippen molar-refractivity contribution in [3.8, 4) is 5.75 Å². The average Bonchev–Trinajstić information content (AvgIpc) is 2.98. The minimum atomic E-state index is 0.129. The topological polar surface area (TPSA) is 52.6 Å². The summed E-state index contributed by atoms with van der Waals surface area (Å²) in [6.45, 7) is 3.07. The first-order valence-electron chi connectivity index (χ1n) is 7.22. The highest BCUT2D eigenvalue weighted by atomic mass is 35.5. The number of phenolic OH excluding ortho intramolecular Hbond substituents is 1. The second kappa shape index (κ2) is 7.87. The molecule has 1 aromatic rings. The van der Waals surface area contributed by atoms with Gasteiger partial charge in [-0.2, -0.15) is 0 Å². The van der Waals surface area contributed by atoms with E-state index in [4.69, 9.17) is 28.3 Å². The van der Waals surface area contributed by atoms with Gasteiger partial charge in [0.15, 0.2) is 0 Å². The Morgan fingerprint density at radius 1 is 1.24 bits per heavy atom. The minimum Gasteiger partial charge on any atom is -0.508 e. The van der Waals surface area contributed by atoms with Gasteiger partial charge in [0, 0.05) is 25.6 Å². The minimum absolute atomic E-state index is 0.129. The number of likely N-dealkylation sites (tertiary alicyclic amines) is 1. The highest BCUT2D eigenvalue weighted by molar-refractivity contribution is 6.42. The van der Waals surface area contributed by atoms with Crippen LogP contribution in [0.1, 0.15) is 25.7 Å². The van der Waals surface area contributed by atoms with Crippen molar-refractivity contribution in [1.82, 2.24) is 10.2 Å². The van der Waals surface area contributed by atoms with Gasteiger partial charge in [-0.25, -0.2) is 0 Å². The van der Waals surface area contributed by atoms with Gasteiger partial charge in [-0.3, -0.25) is 4.79 Å². The molecule has 0 bridgehead atoms. The van der Waals surface area contributed by atoms with E-state index >= 15 is 0 Å². The van der Waals surface area contributed by atoms with Crippen LogP contribution in [0.15, 0.2) is 18.2 Å². The van der Waals surface area contributed by atoms with Crippen molar-refractivity contribution in [3.63, 3.8) is 0 Å². The number of carbonyl (C=O) groups is 1. The van der Waals surface area contributed by atoms with E-state index in [0.717, 1.165) is 38.9 Å². The number of nitrogens with one attached hydrogen (secondary N) is 1. The number of rotatable bonds is 1. The maximum absolute atomic E-state index is 11.5. The third-order valence-electron chi connectivity index (χ3n) is 3.74. The molecule has 0 saturated carbocycles. The Balaban J connectivity index is 0.000000161. The molecule has 0 aromatic heterocycles. The Bertz CT molecular complexity index is 491. The lowest BCUT2D eigenvalue weighted by Gasteiger charge is -2.31. The molecule has 2 N–H and O–H groups in total. The van der Waals surface area contributed by atoms with Gasteiger partial charge in [0.1, 0.15) is 5.75 Å². The van der Waals surface area contributed by atoms with Gasteiger partial charge in [-0.1, -0.05) is 23.2 Å². The summed E-state index contributed by atoms with van der Waals surface area (Å²) in [5, 5.41) is 12.9. The molecule has 0 radical (unpaired) electrons. The summed E-state index contributed by atoms with van der Waals surface area (Å²) in [6.07, 6.45) is 4.21. The first kappa shape index (κ1) is 16.4. The Hall–Kier alpha value is -0.970. The van der Waals surface area contributed by atoms with Crippen molar-refractivity contribution in [2.75, 3.05) is 19.6 Å². The Morgan fingerprint density at radius 2 is 2.05 bits per heavy atom. The van der Waals surface area contributed by atoms with Crippen LogP contribution in [0.4, 0.5) is 0 Å². The fourth-order valence-corrected chi connectivity index (χ4v) is 2.90. The van der Waals surface area contributed by atoms with Gasteiger partial charge in [0.25, 0.3) is 0 Å². The van der Waals surface area contributed by atoms with Crippen molar-refractivity contribution in [3.05, 3.63) is 28.2 Å². The largest absolute Gasteiger partial charge is 0.508 e. The summed E-state index contributed by atoms with van der Waals surface area (Å²) in [5.74, 6) is 0.499. The molecule has 21 heavy (non-hydrogen) atoms. The lowest BCUT2D eigenvalue weighted by Crippen LogP contribution is -2.44. The zero-order valence-electron chi connectivity index (χ0n) is 11.8. The van der Waals surface area contributed by atoms with Crippen LogP contribution in [0.5, 0.6) is 5.75 Å². The quantitative estimate of drug-likeness (QED) is 0.832. The maximum atomic E-state index is 11.5. The van der Waals surface area contributed by atoms with Crippen LogP contribution >= 0.6 is 23.2 Å². The van der Waals surface area contributed by atoms with E-state index in [0.29, 0.717) is 22.0 Å². The molecule has 2 fully saturated rings. The number of halogens is 2. The van der Waals surface area contributed by atoms with E-state index in [2.05, 4.69) is 10.2 Å². The number of carbonyl (C=O) groups excluding carboxylic acids is 1. The first-order chi connectivity index (χ1) is 10.1. The summed E-state index contributed by atoms with van der Waals surface area (Å²) in [7, 11) is 0. The molecule has 2 heterocycles. The van der Waals surface area contributed by atoms with Crippen LogP contribution in [0.2, 0.25) is 10.0 Å². The fraction of sp³-hybridized carbons (Fsp3) is 0.533. The molecule has 3 rings (SSSR count). The lowest BCUT2D eigenvalue weighted by molar-refractivity contribution is -0.135. The number of hydrogen-bond donors (Lipinski definition) is 2. The Kier molecular flexibility index (Phi) is 6.15. The molecular formula is C15H20Cl2N2O2. The second-order valence-corrected chi connectivity index (χ2v) is 6.10. The molecule has 0 spiro atoms. The van der Waals surface area contributed by atoms with E-state index < -0.39 is 0 Å². The number of phenols is 1. The second-order valence-electron chi connectivity index (χ2n) is 5.29. The van der Waals surface area contributed by atoms with Crippen LogP contribution in [-0.2, 0) is 4.79 Å². The van der Waals surface area contributed by atoms with Crippen molar-refractivity contribution in [1.29, 1.82) is 0 Å². The van der Waals surface area contributed by atoms with Gasteiger partial charge in [0.05, 0.1) is 10.0 Å². The average molecular weight is 331 g/mol. The predicted molar refractivity (Wildman–Crippen MR) is 85.0 cm³/mol. The monoisotopic (exact) mass is 330 g/mol. The molecule has 2 aliphatic heterocycles. The van der Waals surface area contributed by atoms with Gasteiger partial charge in [0.2, 0.25) is 5.91 Å². The molecule has 1 atom stereocenters. The summed E-state index contributed by atoms with van der Waals surface area (Å²) in [5.41, 5.74) is 0. The molecule has 4 nitrogen and oxygen atoms in total. The number of nitrogens with zero attached hydrogens (tertiary/aromatic N) is 1. The number of amides is 1. The van der Waals surface area contributed by atoms with Gasteiger partial charge in [-0.05, 0) is 44.0 Å². The Labute approximate surface area is 135 Å². The number of piperidine rings is 1. The highest BCUT2D eigenvalue weighted by Crippen LogP contribution is 2.25. The van der Waals surface area contributed by atoms with Crippen LogP contribution in [0.25, 0.3) is 0 Å².